The van der Waals surface area contributed by atoms with Crippen LogP contribution >= 0.6 is 0 Å². The van der Waals surface area contributed by atoms with Gasteiger partial charge in [-0.25, -0.2) is 0 Å². The molecule has 1 aromatic rings. The number of aryl methyl sites for hydroxylation is 1. The first kappa shape index (κ1) is 11.4. The Kier molecular flexibility index (Phi) is 3.60. The van der Waals surface area contributed by atoms with Gasteiger partial charge in [-0.2, -0.15) is 5.10 Å². The SMILES string of the molecule is CCn1ccc(C(C)NC(=O)C(C)=O)n1. The van der Waals surface area contributed by atoms with Crippen molar-refractivity contribution in [2.45, 2.75) is 33.4 Å². The van der Waals surface area contributed by atoms with E-state index in [2.05, 4.69) is 10.4 Å². The Morgan fingerprint density at radius 1 is 1.60 bits per heavy atom. The highest BCUT2D eigenvalue weighted by atomic mass is 16.2. The number of aromatic nitrogens is 2. The molecule has 5 nitrogen and oxygen atoms in total. The summed E-state index contributed by atoms with van der Waals surface area (Å²) in [5.41, 5.74) is 0.756. The van der Waals surface area contributed by atoms with Crippen LogP contribution in [0.3, 0.4) is 0 Å². The highest BCUT2D eigenvalue weighted by molar-refractivity contribution is 6.35. The minimum Gasteiger partial charge on any atom is -0.341 e. The summed E-state index contributed by atoms with van der Waals surface area (Å²) in [5, 5.41) is 6.80. The van der Waals surface area contributed by atoms with E-state index in [0.29, 0.717) is 0 Å². The maximum atomic E-state index is 11.1. The number of ketones is 1. The first-order valence-corrected chi connectivity index (χ1v) is 4.89. The van der Waals surface area contributed by atoms with Gasteiger partial charge in [-0.05, 0) is 19.9 Å². The summed E-state index contributed by atoms with van der Waals surface area (Å²) < 4.78 is 1.77. The highest BCUT2D eigenvalue weighted by Gasteiger charge is 2.14. The van der Waals surface area contributed by atoms with Crippen molar-refractivity contribution in [1.82, 2.24) is 15.1 Å². The van der Waals surface area contributed by atoms with Crippen molar-refractivity contribution >= 4 is 11.7 Å². The molecule has 0 spiro atoms. The van der Waals surface area contributed by atoms with Crippen LogP contribution in [0.15, 0.2) is 12.3 Å². The van der Waals surface area contributed by atoms with Gasteiger partial charge in [0.2, 0.25) is 5.78 Å². The zero-order valence-corrected chi connectivity index (χ0v) is 9.15. The number of Topliss-reactive ketones (excluding diaryl/α,β-unsaturated/α-hetero) is 1. The number of amides is 1. The summed E-state index contributed by atoms with van der Waals surface area (Å²) in [6.45, 7) is 5.80. The molecule has 0 saturated carbocycles. The first-order chi connectivity index (χ1) is 7.04. The quantitative estimate of drug-likeness (QED) is 0.741. The molecule has 1 N–H and O–H groups in total. The molecule has 0 fully saturated rings. The molecule has 1 aromatic heterocycles. The molecule has 0 aliphatic carbocycles. The molecular weight excluding hydrogens is 194 g/mol. The number of hydrogen-bond donors (Lipinski definition) is 1. The second-order valence-corrected chi connectivity index (χ2v) is 3.35. The lowest BCUT2D eigenvalue weighted by Crippen LogP contribution is -2.31. The lowest BCUT2D eigenvalue weighted by atomic mass is 10.2. The molecule has 0 aliphatic heterocycles. The normalized spacial score (nSPS) is 12.2. The molecule has 0 radical (unpaired) electrons. The van der Waals surface area contributed by atoms with Crippen LogP contribution in [0.4, 0.5) is 0 Å². The Morgan fingerprint density at radius 3 is 2.73 bits per heavy atom. The maximum absolute atomic E-state index is 11.1. The van der Waals surface area contributed by atoms with Crippen LogP contribution in [0, 0.1) is 0 Å². The van der Waals surface area contributed by atoms with Crippen molar-refractivity contribution in [1.29, 1.82) is 0 Å². The van der Waals surface area contributed by atoms with Gasteiger partial charge in [-0.3, -0.25) is 14.3 Å². The lowest BCUT2D eigenvalue weighted by Gasteiger charge is -2.09. The predicted octanol–water partition coefficient (Wildman–Crippen LogP) is 0.669. The second-order valence-electron chi connectivity index (χ2n) is 3.35. The molecule has 5 heteroatoms. The number of carbonyl (C=O) groups excluding carboxylic acids is 2. The summed E-state index contributed by atoms with van der Waals surface area (Å²) >= 11 is 0. The summed E-state index contributed by atoms with van der Waals surface area (Å²) in [7, 11) is 0. The van der Waals surface area contributed by atoms with Crippen LogP contribution in [0.2, 0.25) is 0 Å². The summed E-state index contributed by atoms with van der Waals surface area (Å²) in [6.07, 6.45) is 1.84. The second kappa shape index (κ2) is 4.72. The van der Waals surface area contributed by atoms with E-state index in [0.717, 1.165) is 12.2 Å². The van der Waals surface area contributed by atoms with Gasteiger partial charge < -0.3 is 5.32 Å². The Morgan fingerprint density at radius 2 is 2.27 bits per heavy atom. The van der Waals surface area contributed by atoms with Crippen LogP contribution in [0.25, 0.3) is 0 Å². The molecule has 1 rings (SSSR count). The first-order valence-electron chi connectivity index (χ1n) is 4.89. The number of carbonyl (C=O) groups is 2. The zero-order valence-electron chi connectivity index (χ0n) is 9.15. The number of hydrogen-bond acceptors (Lipinski definition) is 3. The number of nitrogens with one attached hydrogen (secondary N) is 1. The predicted molar refractivity (Wildman–Crippen MR) is 55.1 cm³/mol. The van der Waals surface area contributed by atoms with Gasteiger partial charge in [0.1, 0.15) is 0 Å². The van der Waals surface area contributed by atoms with Crippen molar-refractivity contribution in [3.63, 3.8) is 0 Å². The van der Waals surface area contributed by atoms with E-state index < -0.39 is 11.7 Å². The highest BCUT2D eigenvalue weighted by Crippen LogP contribution is 2.08. The fourth-order valence-electron chi connectivity index (χ4n) is 1.16. The summed E-state index contributed by atoms with van der Waals surface area (Å²) in [5.74, 6) is -1.06. The monoisotopic (exact) mass is 209 g/mol. The maximum Gasteiger partial charge on any atom is 0.287 e. The largest absolute Gasteiger partial charge is 0.341 e. The van der Waals surface area contributed by atoms with E-state index in [1.807, 2.05) is 19.2 Å². The van der Waals surface area contributed by atoms with Crippen molar-refractivity contribution in [2.75, 3.05) is 0 Å². The average Bonchev–Trinajstić information content (AvgIpc) is 2.65. The van der Waals surface area contributed by atoms with Crippen LogP contribution in [0.5, 0.6) is 0 Å². The van der Waals surface area contributed by atoms with Crippen molar-refractivity contribution in [2.24, 2.45) is 0 Å². The Hall–Kier alpha value is -1.65. The molecule has 1 atom stereocenters. The van der Waals surface area contributed by atoms with Gasteiger partial charge in [0.15, 0.2) is 0 Å². The third-order valence-electron chi connectivity index (χ3n) is 2.10. The molecule has 1 amide bonds. The van der Waals surface area contributed by atoms with Crippen LogP contribution in [-0.2, 0) is 16.1 Å². The van der Waals surface area contributed by atoms with Gasteiger partial charge >= 0.3 is 0 Å². The van der Waals surface area contributed by atoms with E-state index in [1.165, 1.54) is 6.92 Å². The molecule has 1 unspecified atom stereocenters. The van der Waals surface area contributed by atoms with Gasteiger partial charge in [-0.15, -0.1) is 0 Å². The molecule has 0 saturated heterocycles. The number of rotatable bonds is 4. The van der Waals surface area contributed by atoms with Crippen LogP contribution in [0.1, 0.15) is 32.5 Å². The van der Waals surface area contributed by atoms with Gasteiger partial charge in [0.25, 0.3) is 5.91 Å². The smallest absolute Gasteiger partial charge is 0.287 e. The Labute approximate surface area is 88.5 Å². The van der Waals surface area contributed by atoms with E-state index in [1.54, 1.807) is 11.6 Å². The van der Waals surface area contributed by atoms with Gasteiger partial charge in [0, 0.05) is 19.7 Å². The van der Waals surface area contributed by atoms with Crippen molar-refractivity contribution in [3.8, 4) is 0 Å². The molecule has 0 aliphatic rings. The third kappa shape index (κ3) is 2.90. The van der Waals surface area contributed by atoms with Crippen LogP contribution < -0.4 is 5.32 Å². The Bertz CT molecular complexity index is 370. The van der Waals surface area contributed by atoms with Gasteiger partial charge in [-0.1, -0.05) is 0 Å². The van der Waals surface area contributed by atoms with Crippen molar-refractivity contribution < 1.29 is 9.59 Å². The van der Waals surface area contributed by atoms with E-state index in [4.69, 9.17) is 0 Å². The van der Waals surface area contributed by atoms with Gasteiger partial charge in [0.05, 0.1) is 11.7 Å². The van der Waals surface area contributed by atoms with Crippen LogP contribution in [-0.4, -0.2) is 21.5 Å². The molecule has 15 heavy (non-hydrogen) atoms. The molecular formula is C10H15N3O2. The minimum absolute atomic E-state index is 0.241. The minimum atomic E-state index is -0.575. The molecule has 82 valence electrons. The van der Waals surface area contributed by atoms with Crippen molar-refractivity contribution in [3.05, 3.63) is 18.0 Å². The fraction of sp³-hybridized carbons (Fsp3) is 0.500. The summed E-state index contributed by atoms with van der Waals surface area (Å²) in [4.78, 5) is 21.8. The topological polar surface area (TPSA) is 64.0 Å². The lowest BCUT2D eigenvalue weighted by molar-refractivity contribution is -0.137. The average molecular weight is 209 g/mol. The Balaban J connectivity index is 2.64. The van der Waals surface area contributed by atoms with E-state index in [9.17, 15) is 9.59 Å². The van der Waals surface area contributed by atoms with E-state index in [-0.39, 0.29) is 6.04 Å². The zero-order chi connectivity index (χ0) is 11.4. The summed E-state index contributed by atoms with van der Waals surface area (Å²) in [6, 6.07) is 1.59. The number of nitrogens with zero attached hydrogens (tertiary/aromatic N) is 2. The molecule has 0 aromatic carbocycles. The standard InChI is InChI=1S/C10H15N3O2/c1-4-13-6-5-9(12-13)7(2)11-10(15)8(3)14/h5-7H,4H2,1-3H3,(H,11,15). The third-order valence-corrected chi connectivity index (χ3v) is 2.10. The fourth-order valence-corrected chi connectivity index (χ4v) is 1.16. The van der Waals surface area contributed by atoms with E-state index >= 15 is 0 Å². The molecule has 0 bridgehead atoms. The molecule has 1 heterocycles.